The third-order valence-electron chi connectivity index (χ3n) is 3.31. The molecule has 0 fully saturated rings. The van der Waals surface area contributed by atoms with Crippen LogP contribution in [0.15, 0.2) is 23.6 Å². The molecule has 1 aromatic heterocycles. The van der Waals surface area contributed by atoms with Gasteiger partial charge in [-0.15, -0.1) is 11.3 Å². The van der Waals surface area contributed by atoms with Crippen LogP contribution in [-0.2, 0) is 18.0 Å². The third-order valence-corrected chi connectivity index (χ3v) is 5.11. The maximum absolute atomic E-state index is 6.31. The summed E-state index contributed by atoms with van der Waals surface area (Å²) in [7, 11) is 0. The van der Waals surface area contributed by atoms with Crippen LogP contribution in [0.3, 0.4) is 0 Å². The summed E-state index contributed by atoms with van der Waals surface area (Å²) >= 11 is 7.90. The maximum Gasteiger partial charge on any atom is 0.0725 e. The molecule has 0 radical (unpaired) electrons. The Kier molecular flexibility index (Phi) is 3.16. The number of halogens is 1. The van der Waals surface area contributed by atoms with Gasteiger partial charge in [-0.3, -0.25) is 0 Å². The average molecular weight is 280 g/mol. The van der Waals surface area contributed by atoms with Crippen molar-refractivity contribution in [2.24, 2.45) is 5.73 Å². The summed E-state index contributed by atoms with van der Waals surface area (Å²) in [4.78, 5) is 1.04. The molecule has 0 saturated heterocycles. The van der Waals surface area contributed by atoms with Gasteiger partial charge >= 0.3 is 0 Å². The van der Waals surface area contributed by atoms with Gasteiger partial charge in [-0.25, -0.2) is 0 Å². The minimum atomic E-state index is -0.151. The van der Waals surface area contributed by atoms with Crippen molar-refractivity contribution < 1.29 is 4.74 Å². The molecule has 0 bridgehead atoms. The molecule has 2 N–H and O–H groups in total. The van der Waals surface area contributed by atoms with Gasteiger partial charge in [-0.2, -0.15) is 0 Å². The lowest BCUT2D eigenvalue weighted by Gasteiger charge is -2.12. The van der Waals surface area contributed by atoms with Crippen molar-refractivity contribution in [2.45, 2.75) is 26.2 Å². The van der Waals surface area contributed by atoms with E-state index >= 15 is 0 Å². The van der Waals surface area contributed by atoms with Gasteiger partial charge in [0.05, 0.1) is 24.3 Å². The van der Waals surface area contributed by atoms with Crippen LogP contribution in [-0.4, -0.2) is 0 Å². The second kappa shape index (κ2) is 4.67. The number of nitrogens with two attached hydrogens (primary N) is 1. The molecule has 0 saturated carbocycles. The first kappa shape index (κ1) is 12.2. The quantitative estimate of drug-likeness (QED) is 0.908. The molecule has 1 aromatic carbocycles. The number of fused-ring (bicyclic) bond motifs is 1. The molecule has 0 amide bonds. The second-order valence-corrected chi connectivity index (χ2v) is 5.88. The number of hydrogen-bond donors (Lipinski definition) is 1. The minimum Gasteiger partial charge on any atom is -0.372 e. The van der Waals surface area contributed by atoms with Crippen molar-refractivity contribution in [2.75, 3.05) is 0 Å². The molecule has 2 nitrogen and oxygen atoms in total. The normalized spacial score (nSPS) is 15.7. The number of ether oxygens (including phenoxy) is 1. The smallest absolute Gasteiger partial charge is 0.0725 e. The van der Waals surface area contributed by atoms with Crippen LogP contribution in [0, 0.1) is 6.92 Å². The minimum absolute atomic E-state index is 0.151. The van der Waals surface area contributed by atoms with Gasteiger partial charge in [0.2, 0.25) is 0 Å². The van der Waals surface area contributed by atoms with Gasteiger partial charge < -0.3 is 10.5 Å². The van der Waals surface area contributed by atoms with Crippen LogP contribution >= 0.6 is 22.9 Å². The molecule has 3 rings (SSSR count). The van der Waals surface area contributed by atoms with E-state index in [0.29, 0.717) is 13.2 Å². The first-order valence-corrected chi connectivity index (χ1v) is 7.11. The van der Waals surface area contributed by atoms with Crippen LogP contribution in [0.5, 0.6) is 0 Å². The van der Waals surface area contributed by atoms with Crippen molar-refractivity contribution in [3.05, 3.63) is 55.7 Å². The third kappa shape index (κ3) is 1.97. The van der Waals surface area contributed by atoms with Crippen molar-refractivity contribution >= 4 is 22.9 Å². The molecule has 94 valence electrons. The van der Waals surface area contributed by atoms with E-state index in [4.69, 9.17) is 22.1 Å². The number of aryl methyl sites for hydroxylation is 1. The average Bonchev–Trinajstić information content (AvgIpc) is 2.96. The van der Waals surface area contributed by atoms with Gasteiger partial charge in [0, 0.05) is 4.88 Å². The van der Waals surface area contributed by atoms with Crippen molar-refractivity contribution in [3.8, 4) is 0 Å². The fourth-order valence-corrected chi connectivity index (χ4v) is 3.54. The molecule has 1 aliphatic rings. The summed E-state index contributed by atoms with van der Waals surface area (Å²) in [5.74, 6) is 0. The van der Waals surface area contributed by atoms with E-state index in [2.05, 4.69) is 18.2 Å². The fraction of sp³-hybridized carbons (Fsp3) is 0.286. The second-order valence-electron chi connectivity index (χ2n) is 4.60. The molecule has 1 unspecified atom stereocenters. The lowest BCUT2D eigenvalue weighted by atomic mass is 10.0. The molecule has 1 atom stereocenters. The highest BCUT2D eigenvalue weighted by Crippen LogP contribution is 2.35. The van der Waals surface area contributed by atoms with E-state index in [1.165, 1.54) is 11.1 Å². The van der Waals surface area contributed by atoms with Gasteiger partial charge in [-0.05, 0) is 34.6 Å². The molecular formula is C14H14ClNOS. The van der Waals surface area contributed by atoms with E-state index in [0.717, 1.165) is 21.0 Å². The Balaban J connectivity index is 1.97. The van der Waals surface area contributed by atoms with E-state index < -0.39 is 0 Å². The van der Waals surface area contributed by atoms with E-state index in [-0.39, 0.29) is 6.04 Å². The number of benzene rings is 1. The van der Waals surface area contributed by atoms with Gasteiger partial charge in [0.25, 0.3) is 0 Å². The van der Waals surface area contributed by atoms with Gasteiger partial charge in [-0.1, -0.05) is 29.8 Å². The zero-order valence-corrected chi connectivity index (χ0v) is 11.6. The van der Waals surface area contributed by atoms with Crippen LogP contribution in [0.4, 0.5) is 0 Å². The summed E-state index contributed by atoms with van der Waals surface area (Å²) in [6.07, 6.45) is 0. The molecule has 2 heterocycles. The Labute approximate surface area is 115 Å². The van der Waals surface area contributed by atoms with E-state index in [9.17, 15) is 0 Å². The van der Waals surface area contributed by atoms with Crippen LogP contribution < -0.4 is 5.73 Å². The largest absolute Gasteiger partial charge is 0.372 e. The lowest BCUT2D eigenvalue weighted by molar-refractivity contribution is 0.134. The number of hydrogen-bond acceptors (Lipinski definition) is 3. The van der Waals surface area contributed by atoms with Crippen LogP contribution in [0.2, 0.25) is 5.02 Å². The Morgan fingerprint density at radius 1 is 1.33 bits per heavy atom. The van der Waals surface area contributed by atoms with Crippen LogP contribution in [0.1, 0.15) is 33.2 Å². The number of rotatable bonds is 2. The SMILES string of the molecule is Cc1csc(C(N)c2ccc3c(c2)COC3)c1Cl. The van der Waals surface area contributed by atoms with Gasteiger partial charge in [0.1, 0.15) is 0 Å². The molecule has 1 aliphatic heterocycles. The van der Waals surface area contributed by atoms with Crippen molar-refractivity contribution in [3.63, 3.8) is 0 Å². The molecule has 0 spiro atoms. The molecule has 0 aliphatic carbocycles. The van der Waals surface area contributed by atoms with E-state index in [1.54, 1.807) is 11.3 Å². The standard InChI is InChI=1S/C14H14ClNOS/c1-8-7-18-14(12(8)15)13(16)9-2-3-10-5-17-6-11(10)4-9/h2-4,7,13H,5-6,16H2,1H3. The molecule has 18 heavy (non-hydrogen) atoms. The Bertz CT molecular complexity index is 593. The zero-order chi connectivity index (χ0) is 12.7. The highest BCUT2D eigenvalue weighted by Gasteiger charge is 2.18. The molecule has 4 heteroatoms. The Morgan fingerprint density at radius 3 is 2.83 bits per heavy atom. The summed E-state index contributed by atoms with van der Waals surface area (Å²) in [5, 5.41) is 2.85. The van der Waals surface area contributed by atoms with E-state index in [1.807, 2.05) is 12.3 Å². The predicted octanol–water partition coefficient (Wildman–Crippen LogP) is 3.79. The van der Waals surface area contributed by atoms with Crippen molar-refractivity contribution in [1.29, 1.82) is 0 Å². The number of thiophene rings is 1. The van der Waals surface area contributed by atoms with Crippen LogP contribution in [0.25, 0.3) is 0 Å². The summed E-state index contributed by atoms with van der Waals surface area (Å²) in [5.41, 5.74) is 11.0. The predicted molar refractivity (Wildman–Crippen MR) is 75.0 cm³/mol. The topological polar surface area (TPSA) is 35.2 Å². The summed E-state index contributed by atoms with van der Waals surface area (Å²) in [6, 6.07) is 6.16. The maximum atomic E-state index is 6.31. The Hall–Kier alpha value is -0.870. The fourth-order valence-electron chi connectivity index (χ4n) is 2.20. The Morgan fingerprint density at radius 2 is 2.11 bits per heavy atom. The van der Waals surface area contributed by atoms with Crippen molar-refractivity contribution in [1.82, 2.24) is 0 Å². The first-order valence-electron chi connectivity index (χ1n) is 5.85. The van der Waals surface area contributed by atoms with Gasteiger partial charge in [0.15, 0.2) is 0 Å². The lowest BCUT2D eigenvalue weighted by Crippen LogP contribution is -2.11. The highest BCUT2D eigenvalue weighted by atomic mass is 35.5. The first-order chi connectivity index (χ1) is 8.66. The molecular weight excluding hydrogens is 266 g/mol. The highest BCUT2D eigenvalue weighted by molar-refractivity contribution is 7.10. The summed E-state index contributed by atoms with van der Waals surface area (Å²) < 4.78 is 5.42. The summed E-state index contributed by atoms with van der Waals surface area (Å²) in [6.45, 7) is 3.41. The zero-order valence-electron chi connectivity index (χ0n) is 10.1. The monoisotopic (exact) mass is 279 g/mol. The molecule has 2 aromatic rings.